The smallest absolute Gasteiger partial charge is 0.0702 e. The number of pyridine rings is 1. The molecule has 1 unspecified atom stereocenters. The summed E-state index contributed by atoms with van der Waals surface area (Å²) >= 11 is 5.34. The van der Waals surface area contributed by atoms with E-state index in [1.54, 1.807) is 11.3 Å². The molecule has 108 valence electrons. The van der Waals surface area contributed by atoms with Crippen molar-refractivity contribution in [2.75, 3.05) is 6.54 Å². The monoisotopic (exact) mass is 360 g/mol. The largest absolute Gasteiger partial charge is 0.310 e. The van der Waals surface area contributed by atoms with Crippen molar-refractivity contribution in [3.05, 3.63) is 62.9 Å². The summed E-state index contributed by atoms with van der Waals surface area (Å²) in [4.78, 5) is 5.78. The number of benzene rings is 1. The molecule has 2 nitrogen and oxygen atoms in total. The van der Waals surface area contributed by atoms with Gasteiger partial charge in [0.1, 0.15) is 0 Å². The van der Waals surface area contributed by atoms with Crippen molar-refractivity contribution in [2.45, 2.75) is 19.4 Å². The highest BCUT2D eigenvalue weighted by Gasteiger charge is 2.13. The van der Waals surface area contributed by atoms with E-state index >= 15 is 0 Å². The molecule has 1 N–H and O–H groups in total. The first kappa shape index (κ1) is 14.7. The minimum atomic E-state index is 0.338. The van der Waals surface area contributed by atoms with Crippen molar-refractivity contribution in [3.63, 3.8) is 0 Å². The van der Waals surface area contributed by atoms with Crippen LogP contribution in [0.15, 0.2) is 52.4 Å². The lowest BCUT2D eigenvalue weighted by Gasteiger charge is -2.18. The Morgan fingerprint density at radius 3 is 2.90 bits per heavy atom. The van der Waals surface area contributed by atoms with Crippen LogP contribution in [0.5, 0.6) is 0 Å². The number of thiophene rings is 1. The second kappa shape index (κ2) is 6.69. The van der Waals surface area contributed by atoms with Crippen molar-refractivity contribution in [2.24, 2.45) is 0 Å². The Labute approximate surface area is 137 Å². The third-order valence-electron chi connectivity index (χ3n) is 3.51. The second-order valence-corrected chi connectivity index (χ2v) is 7.52. The molecule has 0 bridgehead atoms. The van der Waals surface area contributed by atoms with Gasteiger partial charge in [-0.1, -0.05) is 19.1 Å². The van der Waals surface area contributed by atoms with Crippen molar-refractivity contribution in [3.8, 4) is 0 Å². The maximum absolute atomic E-state index is 4.39. The second-order valence-electron chi connectivity index (χ2n) is 4.98. The first-order chi connectivity index (χ1) is 10.3. The fraction of sp³-hybridized carbons (Fsp3) is 0.235. The van der Waals surface area contributed by atoms with Crippen LogP contribution in [0.25, 0.3) is 10.9 Å². The SMILES string of the molecule is CCNC(Cc1ccc(Br)s1)c1ccc2ncccc2c1. The maximum Gasteiger partial charge on any atom is 0.0702 e. The number of nitrogens with zero attached hydrogens (tertiary/aromatic N) is 1. The van der Waals surface area contributed by atoms with Gasteiger partial charge in [0, 0.05) is 28.9 Å². The Morgan fingerprint density at radius 2 is 2.14 bits per heavy atom. The Kier molecular flexibility index (Phi) is 4.68. The minimum absolute atomic E-state index is 0.338. The van der Waals surface area contributed by atoms with Crippen LogP contribution in [0.3, 0.4) is 0 Å². The Balaban J connectivity index is 1.90. The van der Waals surface area contributed by atoms with Crippen molar-refractivity contribution in [1.82, 2.24) is 10.3 Å². The fourth-order valence-electron chi connectivity index (χ4n) is 2.53. The van der Waals surface area contributed by atoms with Gasteiger partial charge in [0.15, 0.2) is 0 Å². The van der Waals surface area contributed by atoms with Gasteiger partial charge in [-0.2, -0.15) is 0 Å². The quantitative estimate of drug-likeness (QED) is 0.695. The van der Waals surface area contributed by atoms with E-state index in [2.05, 4.69) is 69.6 Å². The van der Waals surface area contributed by atoms with Gasteiger partial charge in [-0.15, -0.1) is 11.3 Å². The minimum Gasteiger partial charge on any atom is -0.310 e. The molecule has 3 rings (SSSR count). The lowest BCUT2D eigenvalue weighted by Crippen LogP contribution is -2.22. The molecule has 0 fully saturated rings. The molecule has 3 aromatic rings. The highest BCUT2D eigenvalue weighted by molar-refractivity contribution is 9.11. The average Bonchev–Trinajstić information content (AvgIpc) is 2.91. The topological polar surface area (TPSA) is 24.9 Å². The molecule has 0 amide bonds. The van der Waals surface area contributed by atoms with Gasteiger partial charge in [0.2, 0.25) is 0 Å². The molecule has 4 heteroatoms. The Bertz CT molecular complexity index is 738. The average molecular weight is 361 g/mol. The van der Waals surface area contributed by atoms with Crippen LogP contribution in [0.2, 0.25) is 0 Å². The van der Waals surface area contributed by atoms with E-state index in [0.29, 0.717) is 6.04 Å². The van der Waals surface area contributed by atoms with Gasteiger partial charge < -0.3 is 5.32 Å². The molecule has 0 aliphatic carbocycles. The number of hydrogen-bond donors (Lipinski definition) is 1. The predicted octanol–water partition coefficient (Wildman–Crippen LogP) is 4.95. The highest BCUT2D eigenvalue weighted by atomic mass is 79.9. The Hall–Kier alpha value is -1.23. The van der Waals surface area contributed by atoms with Crippen LogP contribution in [-0.4, -0.2) is 11.5 Å². The van der Waals surface area contributed by atoms with E-state index in [9.17, 15) is 0 Å². The fourth-order valence-corrected chi connectivity index (χ4v) is 4.06. The van der Waals surface area contributed by atoms with Crippen molar-refractivity contribution < 1.29 is 0 Å². The zero-order valence-corrected chi connectivity index (χ0v) is 14.2. The summed E-state index contributed by atoms with van der Waals surface area (Å²) in [6.07, 6.45) is 2.85. The molecule has 0 spiro atoms. The van der Waals surface area contributed by atoms with Crippen LogP contribution in [0.4, 0.5) is 0 Å². The number of nitrogens with one attached hydrogen (secondary N) is 1. The van der Waals surface area contributed by atoms with Gasteiger partial charge in [-0.05, 0) is 58.4 Å². The predicted molar refractivity (Wildman–Crippen MR) is 93.9 cm³/mol. The van der Waals surface area contributed by atoms with Crippen LogP contribution < -0.4 is 5.32 Å². The molecule has 2 aromatic heterocycles. The van der Waals surface area contributed by atoms with Gasteiger partial charge >= 0.3 is 0 Å². The first-order valence-electron chi connectivity index (χ1n) is 7.08. The van der Waals surface area contributed by atoms with Crippen LogP contribution in [0, 0.1) is 0 Å². The van der Waals surface area contributed by atoms with E-state index in [0.717, 1.165) is 18.5 Å². The molecule has 0 saturated carbocycles. The molecule has 2 heterocycles. The molecular formula is C17H17BrN2S. The molecule has 21 heavy (non-hydrogen) atoms. The maximum atomic E-state index is 4.39. The summed E-state index contributed by atoms with van der Waals surface area (Å²) in [5, 5.41) is 4.79. The lowest BCUT2D eigenvalue weighted by molar-refractivity contribution is 0.554. The van der Waals surface area contributed by atoms with Crippen LogP contribution in [-0.2, 0) is 6.42 Å². The summed E-state index contributed by atoms with van der Waals surface area (Å²) in [6, 6.07) is 15.3. The summed E-state index contributed by atoms with van der Waals surface area (Å²) < 4.78 is 1.19. The standard InChI is InChI=1S/C17H17BrN2S/c1-2-19-16(11-14-6-8-17(18)21-14)13-5-7-15-12(10-13)4-3-9-20-15/h3-10,16,19H,2,11H2,1H3. The molecule has 0 radical (unpaired) electrons. The summed E-state index contributed by atoms with van der Waals surface area (Å²) in [6.45, 7) is 3.11. The lowest BCUT2D eigenvalue weighted by atomic mass is 10.0. The van der Waals surface area contributed by atoms with E-state index in [4.69, 9.17) is 0 Å². The Morgan fingerprint density at radius 1 is 1.24 bits per heavy atom. The number of halogens is 1. The summed E-state index contributed by atoms with van der Waals surface area (Å²) in [5.41, 5.74) is 2.37. The van der Waals surface area contributed by atoms with Crippen LogP contribution in [0.1, 0.15) is 23.4 Å². The number of likely N-dealkylation sites (N-methyl/N-ethyl adjacent to an activating group) is 1. The van der Waals surface area contributed by atoms with E-state index in [1.807, 2.05) is 12.3 Å². The van der Waals surface area contributed by atoms with Gasteiger partial charge in [0.05, 0.1) is 9.30 Å². The third-order valence-corrected chi connectivity index (χ3v) is 5.16. The molecule has 0 aliphatic heterocycles. The summed E-state index contributed by atoms with van der Waals surface area (Å²) in [7, 11) is 0. The molecule has 0 saturated heterocycles. The molecule has 1 aromatic carbocycles. The molecule has 1 atom stereocenters. The van der Waals surface area contributed by atoms with Gasteiger partial charge in [0.25, 0.3) is 0 Å². The highest BCUT2D eigenvalue weighted by Crippen LogP contribution is 2.28. The van der Waals surface area contributed by atoms with E-state index < -0.39 is 0 Å². The van der Waals surface area contributed by atoms with Crippen molar-refractivity contribution in [1.29, 1.82) is 0 Å². The normalized spacial score (nSPS) is 12.7. The zero-order valence-electron chi connectivity index (χ0n) is 11.8. The number of fused-ring (bicyclic) bond motifs is 1. The number of hydrogen-bond acceptors (Lipinski definition) is 3. The number of rotatable bonds is 5. The van der Waals surface area contributed by atoms with E-state index in [1.165, 1.54) is 19.6 Å². The van der Waals surface area contributed by atoms with Crippen molar-refractivity contribution >= 4 is 38.2 Å². The third kappa shape index (κ3) is 3.51. The molecular weight excluding hydrogens is 344 g/mol. The summed E-state index contributed by atoms with van der Waals surface area (Å²) in [5.74, 6) is 0. The van der Waals surface area contributed by atoms with Gasteiger partial charge in [-0.25, -0.2) is 0 Å². The van der Waals surface area contributed by atoms with E-state index in [-0.39, 0.29) is 0 Å². The zero-order chi connectivity index (χ0) is 14.7. The first-order valence-corrected chi connectivity index (χ1v) is 8.69. The van der Waals surface area contributed by atoms with Crippen LogP contribution >= 0.6 is 27.3 Å². The van der Waals surface area contributed by atoms with Gasteiger partial charge in [-0.3, -0.25) is 4.98 Å². The number of aromatic nitrogens is 1. The molecule has 0 aliphatic rings.